The lowest BCUT2D eigenvalue weighted by molar-refractivity contribution is -0.145. The van der Waals surface area contributed by atoms with E-state index in [-0.39, 0.29) is 5.97 Å². The van der Waals surface area contributed by atoms with Crippen LogP contribution in [-0.4, -0.2) is 29.6 Å². The molecule has 1 saturated heterocycles. The molecule has 2 unspecified atom stereocenters. The highest BCUT2D eigenvalue weighted by atomic mass is 32.2. The van der Waals surface area contributed by atoms with Crippen molar-refractivity contribution >= 4 is 23.4 Å². The summed E-state index contributed by atoms with van der Waals surface area (Å²) < 4.78 is 4.97. The molecule has 0 saturated carbocycles. The zero-order valence-corrected chi connectivity index (χ0v) is 11.8. The number of hydrogen-bond donors (Lipinski definition) is 1. The van der Waals surface area contributed by atoms with Gasteiger partial charge in [0, 0.05) is 16.7 Å². The zero-order chi connectivity index (χ0) is 13.2. The van der Waals surface area contributed by atoms with Gasteiger partial charge in [-0.05, 0) is 25.5 Å². The van der Waals surface area contributed by atoms with Crippen LogP contribution in [-0.2, 0) is 9.53 Å². The van der Waals surface area contributed by atoms with Crippen LogP contribution >= 0.6 is 11.8 Å². The lowest BCUT2D eigenvalue weighted by Crippen LogP contribution is -2.47. The molecular weight excluding hydrogens is 246 g/mol. The molecular formula is C14H19NO2S. The largest absolute Gasteiger partial charge is 0.467 e. The van der Waals surface area contributed by atoms with Crippen molar-refractivity contribution in [1.29, 1.82) is 0 Å². The minimum absolute atomic E-state index is 0.167. The van der Waals surface area contributed by atoms with Gasteiger partial charge in [-0.15, -0.1) is 0 Å². The Kier molecular flexibility index (Phi) is 3.85. The van der Waals surface area contributed by atoms with Crippen LogP contribution < -0.4 is 5.32 Å². The molecule has 0 amide bonds. The summed E-state index contributed by atoms with van der Waals surface area (Å²) >= 11 is 1.81. The molecule has 0 aromatic heterocycles. The molecule has 1 fully saturated rings. The molecule has 18 heavy (non-hydrogen) atoms. The smallest absolute Gasteiger partial charge is 0.332 e. The standard InChI is InChI=1S/C14H19NO2S/c1-10-4-6-12(7-5-10)15-14(13(16)17-3)8-11(2)18-9-14/h4-7,11,15H,8-9H2,1-3H3. The van der Waals surface area contributed by atoms with Crippen LogP contribution in [0, 0.1) is 6.92 Å². The minimum atomic E-state index is -0.575. The summed E-state index contributed by atoms with van der Waals surface area (Å²) in [5.74, 6) is 0.592. The molecule has 98 valence electrons. The summed E-state index contributed by atoms with van der Waals surface area (Å²) in [5.41, 5.74) is 1.61. The monoisotopic (exact) mass is 265 g/mol. The third-order valence-corrected chi connectivity index (χ3v) is 4.66. The Hall–Kier alpha value is -1.16. The lowest BCUT2D eigenvalue weighted by atomic mass is 9.95. The average molecular weight is 265 g/mol. The number of methoxy groups -OCH3 is 1. The molecule has 1 aromatic carbocycles. The van der Waals surface area contributed by atoms with Crippen molar-refractivity contribution in [1.82, 2.24) is 0 Å². The topological polar surface area (TPSA) is 38.3 Å². The van der Waals surface area contributed by atoms with Crippen LogP contribution in [0.25, 0.3) is 0 Å². The summed E-state index contributed by atoms with van der Waals surface area (Å²) in [6, 6.07) is 8.10. The number of rotatable bonds is 3. The van der Waals surface area contributed by atoms with Crippen molar-refractivity contribution in [2.24, 2.45) is 0 Å². The van der Waals surface area contributed by atoms with Gasteiger partial charge in [0.05, 0.1) is 7.11 Å². The van der Waals surface area contributed by atoms with Crippen LogP contribution in [0.15, 0.2) is 24.3 Å². The molecule has 2 rings (SSSR count). The fourth-order valence-electron chi connectivity index (χ4n) is 2.28. The fourth-order valence-corrected chi connectivity index (χ4v) is 3.56. The van der Waals surface area contributed by atoms with E-state index in [0.29, 0.717) is 5.25 Å². The second kappa shape index (κ2) is 5.22. The number of hydrogen-bond acceptors (Lipinski definition) is 4. The van der Waals surface area contributed by atoms with Gasteiger partial charge in [-0.2, -0.15) is 11.8 Å². The third-order valence-electron chi connectivity index (χ3n) is 3.26. The Morgan fingerprint density at radius 2 is 2.11 bits per heavy atom. The van der Waals surface area contributed by atoms with Gasteiger partial charge in [-0.1, -0.05) is 24.6 Å². The molecule has 1 aliphatic rings. The number of carbonyl (C=O) groups is 1. The van der Waals surface area contributed by atoms with Crippen LogP contribution in [0.2, 0.25) is 0 Å². The Morgan fingerprint density at radius 3 is 2.61 bits per heavy atom. The number of thioether (sulfide) groups is 1. The van der Waals surface area contributed by atoms with E-state index < -0.39 is 5.54 Å². The van der Waals surface area contributed by atoms with Crippen molar-refractivity contribution in [2.75, 3.05) is 18.2 Å². The van der Waals surface area contributed by atoms with E-state index >= 15 is 0 Å². The highest BCUT2D eigenvalue weighted by Crippen LogP contribution is 2.37. The van der Waals surface area contributed by atoms with Crippen LogP contribution in [0.1, 0.15) is 18.9 Å². The van der Waals surface area contributed by atoms with E-state index in [0.717, 1.165) is 17.9 Å². The van der Waals surface area contributed by atoms with E-state index in [2.05, 4.69) is 12.2 Å². The summed E-state index contributed by atoms with van der Waals surface area (Å²) in [4.78, 5) is 12.1. The summed E-state index contributed by atoms with van der Waals surface area (Å²) in [5, 5.41) is 3.84. The van der Waals surface area contributed by atoms with Crippen molar-refractivity contribution in [3.63, 3.8) is 0 Å². The highest BCUT2D eigenvalue weighted by Gasteiger charge is 2.45. The maximum atomic E-state index is 12.1. The highest BCUT2D eigenvalue weighted by molar-refractivity contribution is 8.00. The quantitative estimate of drug-likeness (QED) is 0.853. The van der Waals surface area contributed by atoms with Crippen LogP contribution in [0.4, 0.5) is 5.69 Å². The number of benzene rings is 1. The molecule has 1 N–H and O–H groups in total. The van der Waals surface area contributed by atoms with Gasteiger partial charge in [0.25, 0.3) is 0 Å². The van der Waals surface area contributed by atoms with E-state index in [9.17, 15) is 4.79 Å². The summed E-state index contributed by atoms with van der Waals surface area (Å²) in [6.07, 6.45) is 0.804. The second-order valence-electron chi connectivity index (χ2n) is 4.89. The predicted molar refractivity (Wildman–Crippen MR) is 76.1 cm³/mol. The molecule has 1 aliphatic heterocycles. The van der Waals surface area contributed by atoms with E-state index in [1.807, 2.05) is 31.2 Å². The number of nitrogens with one attached hydrogen (secondary N) is 1. The van der Waals surface area contributed by atoms with Gasteiger partial charge >= 0.3 is 5.97 Å². The van der Waals surface area contributed by atoms with E-state index in [1.54, 1.807) is 11.8 Å². The number of ether oxygens (including phenoxy) is 1. The van der Waals surface area contributed by atoms with Crippen LogP contribution in [0.3, 0.4) is 0 Å². The Balaban J connectivity index is 2.20. The minimum Gasteiger partial charge on any atom is -0.467 e. The molecule has 3 nitrogen and oxygen atoms in total. The first-order valence-corrected chi connectivity index (χ1v) is 7.15. The van der Waals surface area contributed by atoms with Gasteiger partial charge in [-0.3, -0.25) is 0 Å². The van der Waals surface area contributed by atoms with E-state index in [4.69, 9.17) is 4.74 Å². The number of carbonyl (C=O) groups excluding carboxylic acids is 1. The molecule has 1 heterocycles. The third kappa shape index (κ3) is 2.64. The normalized spacial score (nSPS) is 26.9. The van der Waals surface area contributed by atoms with Gasteiger partial charge in [0.1, 0.15) is 5.54 Å². The maximum absolute atomic E-state index is 12.1. The summed E-state index contributed by atoms with van der Waals surface area (Å²) in [7, 11) is 1.45. The Labute approximate surface area is 112 Å². The van der Waals surface area contributed by atoms with Gasteiger partial charge < -0.3 is 10.1 Å². The SMILES string of the molecule is COC(=O)C1(Nc2ccc(C)cc2)CSC(C)C1. The van der Waals surface area contributed by atoms with Gasteiger partial charge in [0.15, 0.2) is 0 Å². The molecule has 2 atom stereocenters. The first-order valence-electron chi connectivity index (χ1n) is 6.10. The van der Waals surface area contributed by atoms with Crippen molar-refractivity contribution < 1.29 is 9.53 Å². The first kappa shape index (κ1) is 13.3. The van der Waals surface area contributed by atoms with Crippen molar-refractivity contribution in [3.05, 3.63) is 29.8 Å². The molecule has 4 heteroatoms. The maximum Gasteiger partial charge on any atom is 0.332 e. The van der Waals surface area contributed by atoms with Gasteiger partial charge in [-0.25, -0.2) is 4.79 Å². The lowest BCUT2D eigenvalue weighted by Gasteiger charge is -2.28. The molecule has 0 radical (unpaired) electrons. The zero-order valence-electron chi connectivity index (χ0n) is 11.0. The molecule has 0 aliphatic carbocycles. The number of anilines is 1. The Morgan fingerprint density at radius 1 is 1.44 bits per heavy atom. The number of esters is 1. The van der Waals surface area contributed by atoms with Crippen molar-refractivity contribution in [2.45, 2.75) is 31.1 Å². The average Bonchev–Trinajstić information content (AvgIpc) is 2.74. The molecule has 1 aromatic rings. The first-order chi connectivity index (χ1) is 8.55. The van der Waals surface area contributed by atoms with Crippen molar-refractivity contribution in [3.8, 4) is 0 Å². The molecule has 0 bridgehead atoms. The fraction of sp³-hybridized carbons (Fsp3) is 0.500. The second-order valence-corrected chi connectivity index (χ2v) is 6.32. The summed E-state index contributed by atoms with van der Waals surface area (Å²) in [6.45, 7) is 4.19. The predicted octanol–water partition coefficient (Wildman–Crippen LogP) is 2.84. The molecule has 0 spiro atoms. The van der Waals surface area contributed by atoms with E-state index in [1.165, 1.54) is 12.7 Å². The number of aryl methyl sites for hydroxylation is 1. The van der Waals surface area contributed by atoms with Crippen LogP contribution in [0.5, 0.6) is 0 Å². The Bertz CT molecular complexity index is 432. The van der Waals surface area contributed by atoms with Gasteiger partial charge in [0.2, 0.25) is 0 Å².